The van der Waals surface area contributed by atoms with Gasteiger partial charge in [-0.05, 0) is 68.6 Å². The number of ether oxygens (including phenoxy) is 1. The van der Waals surface area contributed by atoms with Gasteiger partial charge in [0.2, 0.25) is 0 Å². The predicted molar refractivity (Wildman–Crippen MR) is 107 cm³/mol. The normalized spacial score (nSPS) is 15.5. The van der Waals surface area contributed by atoms with E-state index in [1.165, 1.54) is 56.4 Å². The maximum absolute atomic E-state index is 5.87. The van der Waals surface area contributed by atoms with Gasteiger partial charge in [0, 0.05) is 0 Å². The molecule has 0 saturated carbocycles. The molecule has 25 heavy (non-hydrogen) atoms. The van der Waals surface area contributed by atoms with Gasteiger partial charge in [0.1, 0.15) is 5.75 Å². The molecule has 0 atom stereocenters. The van der Waals surface area contributed by atoms with Crippen molar-refractivity contribution in [3.05, 3.63) is 65.7 Å². The second-order valence-electron chi connectivity index (χ2n) is 6.77. The number of unbranched alkanes of at least 4 members (excludes halogenated alkanes) is 1. The molecule has 2 heteroatoms. The van der Waals surface area contributed by atoms with Gasteiger partial charge in [-0.2, -0.15) is 0 Å². The summed E-state index contributed by atoms with van der Waals surface area (Å²) in [6, 6.07) is 18.7. The van der Waals surface area contributed by atoms with E-state index in [-0.39, 0.29) is 0 Å². The van der Waals surface area contributed by atoms with Crippen LogP contribution in [-0.4, -0.2) is 31.1 Å². The minimum absolute atomic E-state index is 0.813. The summed E-state index contributed by atoms with van der Waals surface area (Å²) in [7, 11) is 0. The fourth-order valence-corrected chi connectivity index (χ4v) is 3.24. The van der Waals surface area contributed by atoms with E-state index < -0.39 is 0 Å². The van der Waals surface area contributed by atoms with E-state index in [0.717, 1.165) is 18.8 Å². The first-order chi connectivity index (χ1) is 12.4. The third-order valence-electron chi connectivity index (χ3n) is 4.73. The van der Waals surface area contributed by atoms with E-state index >= 15 is 0 Å². The average Bonchev–Trinajstić information content (AvgIpc) is 2.69. The van der Waals surface area contributed by atoms with Crippen LogP contribution in [0.25, 0.3) is 12.2 Å². The number of hydrogen-bond donors (Lipinski definition) is 0. The van der Waals surface area contributed by atoms with Gasteiger partial charge >= 0.3 is 0 Å². The number of rotatable bonds is 8. The lowest BCUT2D eigenvalue weighted by Crippen LogP contribution is -2.30. The Balaban J connectivity index is 1.35. The zero-order valence-electron chi connectivity index (χ0n) is 15.1. The van der Waals surface area contributed by atoms with Crippen LogP contribution < -0.4 is 4.74 Å². The molecule has 0 N–H and O–H groups in total. The first kappa shape index (κ1) is 17.8. The molecule has 1 heterocycles. The van der Waals surface area contributed by atoms with E-state index in [9.17, 15) is 0 Å². The van der Waals surface area contributed by atoms with Crippen molar-refractivity contribution in [2.45, 2.75) is 32.1 Å². The molecule has 0 spiro atoms. The Kier molecular flexibility index (Phi) is 7.14. The lowest BCUT2D eigenvalue weighted by atomic mass is 10.1. The Morgan fingerprint density at radius 2 is 1.44 bits per heavy atom. The van der Waals surface area contributed by atoms with Crippen LogP contribution in [0, 0.1) is 0 Å². The van der Waals surface area contributed by atoms with Gasteiger partial charge in [-0.25, -0.2) is 0 Å². The van der Waals surface area contributed by atoms with Crippen LogP contribution in [0.15, 0.2) is 54.6 Å². The molecular weight excluding hydrogens is 306 g/mol. The largest absolute Gasteiger partial charge is 0.494 e. The smallest absolute Gasteiger partial charge is 0.119 e. The molecular formula is C23H29NO. The van der Waals surface area contributed by atoms with E-state index in [0.29, 0.717) is 0 Å². The molecule has 1 aliphatic heterocycles. The minimum Gasteiger partial charge on any atom is -0.494 e. The van der Waals surface area contributed by atoms with Crippen molar-refractivity contribution in [1.82, 2.24) is 4.90 Å². The molecule has 2 aromatic carbocycles. The molecule has 3 rings (SSSR count). The van der Waals surface area contributed by atoms with Crippen molar-refractivity contribution >= 4 is 12.2 Å². The molecule has 1 saturated heterocycles. The van der Waals surface area contributed by atoms with E-state index in [4.69, 9.17) is 4.74 Å². The fraction of sp³-hybridized carbons (Fsp3) is 0.391. The third kappa shape index (κ3) is 6.39. The number of piperidine rings is 1. The highest BCUT2D eigenvalue weighted by atomic mass is 16.5. The van der Waals surface area contributed by atoms with Gasteiger partial charge in [0.15, 0.2) is 0 Å². The van der Waals surface area contributed by atoms with Crippen LogP contribution in [0.3, 0.4) is 0 Å². The van der Waals surface area contributed by atoms with E-state index in [1.807, 2.05) is 6.07 Å². The van der Waals surface area contributed by atoms with Crippen molar-refractivity contribution in [3.8, 4) is 5.75 Å². The summed E-state index contributed by atoms with van der Waals surface area (Å²) in [6.45, 7) is 4.62. The van der Waals surface area contributed by atoms with E-state index in [2.05, 4.69) is 65.6 Å². The van der Waals surface area contributed by atoms with Crippen molar-refractivity contribution in [2.75, 3.05) is 26.2 Å². The van der Waals surface area contributed by atoms with Crippen LogP contribution in [0.5, 0.6) is 5.75 Å². The van der Waals surface area contributed by atoms with Crippen molar-refractivity contribution < 1.29 is 4.74 Å². The second kappa shape index (κ2) is 10.0. The van der Waals surface area contributed by atoms with Crippen LogP contribution in [0.4, 0.5) is 0 Å². The highest BCUT2D eigenvalue weighted by Gasteiger charge is 2.08. The molecule has 1 fully saturated rings. The van der Waals surface area contributed by atoms with Crippen LogP contribution in [0.2, 0.25) is 0 Å². The minimum atomic E-state index is 0.813. The summed E-state index contributed by atoms with van der Waals surface area (Å²) in [4.78, 5) is 2.59. The topological polar surface area (TPSA) is 12.5 Å². The Bertz CT molecular complexity index is 627. The molecule has 0 aliphatic carbocycles. The van der Waals surface area contributed by atoms with Crippen LogP contribution in [0.1, 0.15) is 43.2 Å². The standard InChI is InChI=1S/C23H29NO/c1-3-9-21(10-4-1)11-12-22-13-15-23(16-14-22)25-20-8-7-19-24-17-5-2-6-18-24/h1,3-4,9-16H,2,5-8,17-20H2/b12-11+. The summed E-state index contributed by atoms with van der Waals surface area (Å²) in [5, 5.41) is 0. The molecule has 0 radical (unpaired) electrons. The van der Waals surface area contributed by atoms with Gasteiger partial charge in [0.05, 0.1) is 6.61 Å². The lowest BCUT2D eigenvalue weighted by Gasteiger charge is -2.26. The molecule has 0 aromatic heterocycles. The van der Waals surface area contributed by atoms with Crippen LogP contribution in [-0.2, 0) is 0 Å². The average molecular weight is 335 g/mol. The first-order valence-electron chi connectivity index (χ1n) is 9.58. The highest BCUT2D eigenvalue weighted by Crippen LogP contribution is 2.15. The summed E-state index contributed by atoms with van der Waals surface area (Å²) in [5.41, 5.74) is 2.41. The summed E-state index contributed by atoms with van der Waals surface area (Å²) in [6.07, 6.45) is 10.8. The molecule has 2 nitrogen and oxygen atoms in total. The Morgan fingerprint density at radius 1 is 0.760 bits per heavy atom. The van der Waals surface area contributed by atoms with Gasteiger partial charge in [-0.1, -0.05) is 61.0 Å². The molecule has 0 bridgehead atoms. The van der Waals surface area contributed by atoms with Crippen molar-refractivity contribution in [1.29, 1.82) is 0 Å². The molecule has 0 amide bonds. The maximum Gasteiger partial charge on any atom is 0.119 e. The second-order valence-corrected chi connectivity index (χ2v) is 6.77. The first-order valence-corrected chi connectivity index (χ1v) is 9.58. The van der Waals surface area contributed by atoms with E-state index in [1.54, 1.807) is 0 Å². The Hall–Kier alpha value is -2.06. The Labute approximate surface area is 152 Å². The van der Waals surface area contributed by atoms with Gasteiger partial charge < -0.3 is 9.64 Å². The number of hydrogen-bond acceptors (Lipinski definition) is 2. The zero-order valence-corrected chi connectivity index (χ0v) is 15.1. The van der Waals surface area contributed by atoms with Crippen molar-refractivity contribution in [3.63, 3.8) is 0 Å². The predicted octanol–water partition coefficient (Wildman–Crippen LogP) is 5.50. The quantitative estimate of drug-likeness (QED) is 0.466. The lowest BCUT2D eigenvalue weighted by molar-refractivity contribution is 0.216. The number of benzene rings is 2. The van der Waals surface area contributed by atoms with Crippen molar-refractivity contribution in [2.24, 2.45) is 0 Å². The molecule has 132 valence electrons. The molecule has 0 unspecified atom stereocenters. The highest BCUT2D eigenvalue weighted by molar-refractivity contribution is 5.69. The maximum atomic E-state index is 5.87. The summed E-state index contributed by atoms with van der Waals surface area (Å²) in [5.74, 6) is 0.967. The number of nitrogens with zero attached hydrogens (tertiary/aromatic N) is 1. The summed E-state index contributed by atoms with van der Waals surface area (Å²) < 4.78 is 5.87. The van der Waals surface area contributed by atoms with Gasteiger partial charge in [-0.3, -0.25) is 0 Å². The fourth-order valence-electron chi connectivity index (χ4n) is 3.24. The Morgan fingerprint density at radius 3 is 2.16 bits per heavy atom. The third-order valence-corrected chi connectivity index (χ3v) is 4.73. The summed E-state index contributed by atoms with van der Waals surface area (Å²) >= 11 is 0. The van der Waals surface area contributed by atoms with Gasteiger partial charge in [0.25, 0.3) is 0 Å². The van der Waals surface area contributed by atoms with Crippen LogP contribution >= 0.6 is 0 Å². The zero-order chi connectivity index (χ0) is 17.2. The SMILES string of the molecule is C(=C\c1ccc(OCCCCN2CCCCC2)cc1)/c1ccccc1. The van der Waals surface area contributed by atoms with Gasteiger partial charge in [-0.15, -0.1) is 0 Å². The molecule has 1 aliphatic rings. The molecule has 2 aromatic rings. The monoisotopic (exact) mass is 335 g/mol. The number of likely N-dealkylation sites (tertiary alicyclic amines) is 1.